The van der Waals surface area contributed by atoms with E-state index in [-0.39, 0.29) is 37.5 Å². The van der Waals surface area contributed by atoms with Gasteiger partial charge in [-0.1, -0.05) is 12.1 Å². The number of aromatic hydroxyl groups is 1. The molecule has 2 rings (SSSR count). The van der Waals surface area contributed by atoms with E-state index in [4.69, 9.17) is 11.5 Å². The second-order valence-corrected chi connectivity index (χ2v) is 9.09. The van der Waals surface area contributed by atoms with Gasteiger partial charge in [-0.25, -0.2) is 4.79 Å². The van der Waals surface area contributed by atoms with Crippen molar-refractivity contribution in [3.63, 3.8) is 0 Å². The molecule has 0 spiro atoms. The number of benzene rings is 1. The number of carboxylic acids is 2. The van der Waals surface area contributed by atoms with Crippen LogP contribution in [0.5, 0.6) is 5.75 Å². The van der Waals surface area contributed by atoms with E-state index in [0.29, 0.717) is 18.5 Å². The molecule has 1 aliphatic rings. The van der Waals surface area contributed by atoms with Crippen LogP contribution in [0.2, 0.25) is 0 Å². The number of phenols is 1. The first kappa shape index (κ1) is 30.8. The van der Waals surface area contributed by atoms with E-state index in [1.54, 1.807) is 0 Å². The second-order valence-electron chi connectivity index (χ2n) is 9.09. The predicted octanol–water partition coefficient (Wildman–Crippen LogP) is -2.25. The van der Waals surface area contributed by atoms with Gasteiger partial charge in [-0.05, 0) is 49.9 Å². The Morgan fingerprint density at radius 3 is 2.18 bits per heavy atom. The summed E-state index contributed by atoms with van der Waals surface area (Å²) in [5.74, 6) is -5.24. The molecule has 1 heterocycles. The van der Waals surface area contributed by atoms with Crippen LogP contribution in [-0.4, -0.2) is 88.2 Å². The first-order chi connectivity index (χ1) is 18.5. The van der Waals surface area contributed by atoms with E-state index >= 15 is 0 Å². The van der Waals surface area contributed by atoms with E-state index in [0.717, 1.165) is 6.42 Å². The van der Waals surface area contributed by atoms with E-state index in [1.165, 1.54) is 24.3 Å². The van der Waals surface area contributed by atoms with Gasteiger partial charge in [0.2, 0.25) is 17.7 Å². The summed E-state index contributed by atoms with van der Waals surface area (Å²) >= 11 is 0. The molecule has 15 nitrogen and oxygen atoms in total. The summed E-state index contributed by atoms with van der Waals surface area (Å²) in [5.41, 5.74) is 11.1. The highest BCUT2D eigenvalue weighted by atomic mass is 16.4. The monoisotopic (exact) mass is 549 g/mol. The number of aliphatic imine (C=N–C) groups is 1. The topological polar surface area (TPSA) is 259 Å². The lowest BCUT2D eigenvalue weighted by Crippen LogP contribution is -2.57. The number of amides is 3. The van der Waals surface area contributed by atoms with Gasteiger partial charge in [-0.2, -0.15) is 0 Å². The Bertz CT molecular complexity index is 1050. The lowest BCUT2D eigenvalue weighted by atomic mass is 10.0. The number of nitrogens with zero attached hydrogens (tertiary/aromatic N) is 1. The van der Waals surface area contributed by atoms with Gasteiger partial charge in [-0.3, -0.25) is 24.2 Å². The number of rotatable bonds is 15. The Morgan fingerprint density at radius 2 is 1.62 bits per heavy atom. The lowest BCUT2D eigenvalue weighted by molar-refractivity contribution is -0.143. The molecule has 0 radical (unpaired) electrons. The molecule has 11 N–H and O–H groups in total. The van der Waals surface area contributed by atoms with Gasteiger partial charge >= 0.3 is 11.9 Å². The number of hydrogen-bond donors (Lipinski definition) is 9. The summed E-state index contributed by atoms with van der Waals surface area (Å²) in [6, 6.07) is 0.958. The van der Waals surface area contributed by atoms with Crippen LogP contribution < -0.4 is 32.7 Å². The Morgan fingerprint density at radius 1 is 0.974 bits per heavy atom. The highest BCUT2D eigenvalue weighted by molar-refractivity contribution is 5.95. The summed E-state index contributed by atoms with van der Waals surface area (Å²) in [5, 5.41) is 38.5. The zero-order chi connectivity index (χ0) is 28.9. The van der Waals surface area contributed by atoms with E-state index < -0.39 is 60.2 Å². The predicted molar refractivity (Wildman–Crippen MR) is 138 cm³/mol. The van der Waals surface area contributed by atoms with Crippen LogP contribution in [0.15, 0.2) is 29.3 Å². The smallest absolute Gasteiger partial charge is 0.326 e. The van der Waals surface area contributed by atoms with Crippen molar-refractivity contribution < 1.29 is 39.3 Å². The fourth-order valence-corrected chi connectivity index (χ4v) is 3.95. The number of nitrogens with one attached hydrogen (secondary N) is 4. The Hall–Kier alpha value is -4.40. The number of carbonyl (C=O) groups is 5. The molecule has 4 atom stereocenters. The minimum absolute atomic E-state index is 0.0254. The number of phenolic OH excluding ortho intramolecular Hbond substituents is 1. The van der Waals surface area contributed by atoms with Crippen molar-refractivity contribution in [3.8, 4) is 5.75 Å². The van der Waals surface area contributed by atoms with Crippen molar-refractivity contribution in [2.75, 3.05) is 13.1 Å². The fourth-order valence-electron chi connectivity index (χ4n) is 3.95. The third kappa shape index (κ3) is 10.9. The van der Waals surface area contributed by atoms with E-state index in [2.05, 4.69) is 26.3 Å². The molecule has 0 aromatic heterocycles. The third-order valence-corrected chi connectivity index (χ3v) is 5.96. The summed E-state index contributed by atoms with van der Waals surface area (Å²) in [7, 11) is 0. The Balaban J connectivity index is 2.13. The molecular formula is C24H35N7O8. The van der Waals surface area contributed by atoms with Crippen LogP contribution in [0.1, 0.15) is 37.7 Å². The molecule has 15 heteroatoms. The van der Waals surface area contributed by atoms with Crippen molar-refractivity contribution in [3.05, 3.63) is 29.8 Å². The van der Waals surface area contributed by atoms with Crippen LogP contribution in [0.4, 0.5) is 0 Å². The van der Waals surface area contributed by atoms with Crippen LogP contribution in [0.25, 0.3) is 0 Å². The maximum atomic E-state index is 13.1. The number of nitrogens with two attached hydrogens (primary N) is 2. The van der Waals surface area contributed by atoms with E-state index in [1.807, 2.05) is 0 Å². The molecule has 0 bridgehead atoms. The third-order valence-electron chi connectivity index (χ3n) is 5.96. The molecule has 1 aliphatic heterocycles. The standard InChI is InChI=1S/C24H35N7O8/c25-24(26)28-10-2-4-16(29-20(35)15-3-1-9-27-15)21(36)30-17(12-19(33)34)22(37)31-18(23(38)39)11-13-5-7-14(32)8-6-13/h5-8,15-18,27,32H,1-4,9-12H2,(H,29,35)(H,30,36)(H,31,37)(H,33,34)(H,38,39)(H4,25,26,28). The van der Waals surface area contributed by atoms with Gasteiger partial charge in [0, 0.05) is 13.0 Å². The number of carbonyl (C=O) groups excluding carboxylic acids is 3. The molecule has 1 aromatic carbocycles. The van der Waals surface area contributed by atoms with Gasteiger partial charge in [0.25, 0.3) is 0 Å². The average Bonchev–Trinajstić information content (AvgIpc) is 3.41. The minimum atomic E-state index is -1.63. The largest absolute Gasteiger partial charge is 0.508 e. The molecule has 39 heavy (non-hydrogen) atoms. The summed E-state index contributed by atoms with van der Waals surface area (Å²) in [6.45, 7) is 0.815. The van der Waals surface area contributed by atoms with Gasteiger partial charge in [-0.15, -0.1) is 0 Å². The first-order valence-electron chi connectivity index (χ1n) is 12.4. The lowest BCUT2D eigenvalue weighted by Gasteiger charge is -2.24. The first-order valence-corrected chi connectivity index (χ1v) is 12.4. The second kappa shape index (κ2) is 15.1. The normalized spacial score (nSPS) is 16.8. The zero-order valence-corrected chi connectivity index (χ0v) is 21.3. The van der Waals surface area contributed by atoms with Gasteiger partial charge < -0.3 is 48.1 Å². The van der Waals surface area contributed by atoms with Gasteiger partial charge in [0.1, 0.15) is 23.9 Å². The molecule has 1 fully saturated rings. The zero-order valence-electron chi connectivity index (χ0n) is 21.3. The van der Waals surface area contributed by atoms with Crippen molar-refractivity contribution in [2.45, 2.75) is 62.7 Å². The van der Waals surface area contributed by atoms with Crippen LogP contribution in [0, 0.1) is 0 Å². The molecular weight excluding hydrogens is 514 g/mol. The van der Waals surface area contributed by atoms with Crippen molar-refractivity contribution >= 4 is 35.6 Å². The highest BCUT2D eigenvalue weighted by Gasteiger charge is 2.32. The molecule has 0 aliphatic carbocycles. The van der Waals surface area contributed by atoms with Crippen molar-refractivity contribution in [2.24, 2.45) is 16.5 Å². The minimum Gasteiger partial charge on any atom is -0.508 e. The highest BCUT2D eigenvalue weighted by Crippen LogP contribution is 2.12. The Labute approximate surface area is 224 Å². The average molecular weight is 550 g/mol. The SMILES string of the molecule is NC(N)=NCCCC(NC(=O)C1CCCN1)C(=O)NC(CC(=O)O)C(=O)NC(Cc1ccc(O)cc1)C(=O)O. The van der Waals surface area contributed by atoms with E-state index in [9.17, 15) is 39.3 Å². The Kier molecular flexibility index (Phi) is 11.9. The maximum Gasteiger partial charge on any atom is 0.326 e. The molecule has 214 valence electrons. The molecule has 4 unspecified atom stereocenters. The molecule has 3 amide bonds. The fraction of sp³-hybridized carbons (Fsp3) is 0.500. The van der Waals surface area contributed by atoms with Crippen LogP contribution in [-0.2, 0) is 30.4 Å². The number of guanidine groups is 1. The summed E-state index contributed by atoms with van der Waals surface area (Å²) in [4.78, 5) is 65.7. The number of hydrogen-bond acceptors (Lipinski definition) is 8. The summed E-state index contributed by atoms with van der Waals surface area (Å²) in [6.07, 6.45) is 0.749. The molecule has 1 aromatic rings. The molecule has 1 saturated heterocycles. The number of carboxylic acid groups (broad SMARTS) is 2. The quantitative estimate of drug-likeness (QED) is 0.0641. The van der Waals surface area contributed by atoms with Crippen LogP contribution >= 0.6 is 0 Å². The summed E-state index contributed by atoms with van der Waals surface area (Å²) < 4.78 is 0. The van der Waals surface area contributed by atoms with Gasteiger partial charge in [0.05, 0.1) is 12.5 Å². The maximum absolute atomic E-state index is 13.1. The van der Waals surface area contributed by atoms with Gasteiger partial charge in [0.15, 0.2) is 5.96 Å². The number of aliphatic carboxylic acids is 2. The van der Waals surface area contributed by atoms with Crippen LogP contribution in [0.3, 0.4) is 0 Å². The molecule has 0 saturated carbocycles. The van der Waals surface area contributed by atoms with Crippen molar-refractivity contribution in [1.82, 2.24) is 21.3 Å². The van der Waals surface area contributed by atoms with Crippen molar-refractivity contribution in [1.29, 1.82) is 0 Å².